The third-order valence-electron chi connectivity index (χ3n) is 2.05. The number of hydrogen-bond donors (Lipinski definition) is 0. The highest BCUT2D eigenvalue weighted by atomic mass is 35.5. The van der Waals surface area contributed by atoms with Crippen LogP contribution in [0.25, 0.3) is 0 Å². The lowest BCUT2D eigenvalue weighted by Gasteiger charge is -1.95. The van der Waals surface area contributed by atoms with Crippen molar-refractivity contribution in [3.63, 3.8) is 0 Å². The van der Waals surface area contributed by atoms with E-state index in [2.05, 4.69) is 4.99 Å². The van der Waals surface area contributed by atoms with Crippen molar-refractivity contribution in [2.45, 2.75) is 6.42 Å². The maximum Gasteiger partial charge on any atom is 0.209 e. The monoisotopic (exact) mass is 227 g/mol. The summed E-state index contributed by atoms with van der Waals surface area (Å²) in [6.45, 7) is 0. The Kier molecular flexibility index (Phi) is 2.57. The van der Waals surface area contributed by atoms with Crippen molar-refractivity contribution in [3.8, 4) is 0 Å². The second-order valence-electron chi connectivity index (χ2n) is 2.99. The topological polar surface area (TPSA) is 29.4 Å². The molecule has 2 rings (SSSR count). The molecule has 0 bridgehead atoms. The average Bonchev–Trinajstić information content (AvgIpc) is 2.44. The lowest BCUT2D eigenvalue weighted by Crippen LogP contribution is -2.09. The summed E-state index contributed by atoms with van der Waals surface area (Å²) in [4.78, 5) is 15.8. The number of benzene rings is 1. The number of halogens is 2. The van der Waals surface area contributed by atoms with Crippen molar-refractivity contribution in [3.05, 3.63) is 28.8 Å². The Labute approximate surface area is 91.5 Å². The average molecular weight is 228 g/mol. The summed E-state index contributed by atoms with van der Waals surface area (Å²) >= 11 is 11.4. The molecule has 0 aromatic heterocycles. The highest BCUT2D eigenvalue weighted by Crippen LogP contribution is 2.30. The fraction of sp³-hybridized carbons (Fsp3) is 0.200. The molecule has 0 spiro atoms. The molecule has 72 valence electrons. The van der Waals surface area contributed by atoms with E-state index in [1.807, 2.05) is 0 Å². The van der Waals surface area contributed by atoms with Gasteiger partial charge in [-0.2, -0.15) is 0 Å². The van der Waals surface area contributed by atoms with Gasteiger partial charge >= 0.3 is 0 Å². The molecule has 0 amide bonds. The Morgan fingerprint density at radius 1 is 1.36 bits per heavy atom. The van der Waals surface area contributed by atoms with Crippen molar-refractivity contribution in [2.24, 2.45) is 4.99 Å². The van der Waals surface area contributed by atoms with Crippen LogP contribution in [0.5, 0.6) is 0 Å². The van der Waals surface area contributed by atoms with Crippen LogP contribution in [0.1, 0.15) is 16.8 Å². The Morgan fingerprint density at radius 3 is 2.86 bits per heavy atom. The van der Waals surface area contributed by atoms with Gasteiger partial charge in [-0.3, -0.25) is 4.79 Å². The number of hydrogen-bond acceptors (Lipinski definition) is 2. The van der Waals surface area contributed by atoms with Gasteiger partial charge in [-0.15, -0.1) is 11.6 Å². The molecule has 0 saturated carbocycles. The van der Waals surface area contributed by atoms with E-state index in [0.29, 0.717) is 34.3 Å². The van der Waals surface area contributed by atoms with Gasteiger partial charge in [0.25, 0.3) is 0 Å². The molecule has 0 atom stereocenters. The molecular formula is C10H7Cl2NO. The quantitative estimate of drug-likeness (QED) is 0.714. The van der Waals surface area contributed by atoms with Crippen LogP contribution in [0, 0.1) is 0 Å². The predicted molar refractivity (Wildman–Crippen MR) is 58.2 cm³/mol. The summed E-state index contributed by atoms with van der Waals surface area (Å²) in [7, 11) is 0. The van der Waals surface area contributed by atoms with Crippen molar-refractivity contribution >= 4 is 40.4 Å². The maximum absolute atomic E-state index is 11.7. The summed E-state index contributed by atoms with van der Waals surface area (Å²) in [5.41, 5.74) is 1.80. The Morgan fingerprint density at radius 2 is 2.14 bits per heavy atom. The highest BCUT2D eigenvalue weighted by molar-refractivity contribution is 6.50. The molecule has 0 aliphatic carbocycles. The Bertz CT molecular complexity index is 426. The summed E-state index contributed by atoms with van der Waals surface area (Å²) < 4.78 is 0. The molecule has 0 saturated heterocycles. The molecule has 0 fully saturated rings. The molecule has 0 N–H and O–H groups in total. The largest absolute Gasteiger partial charge is 0.287 e. The van der Waals surface area contributed by atoms with E-state index in [1.54, 1.807) is 18.2 Å². The molecule has 0 unspecified atom stereocenters. The van der Waals surface area contributed by atoms with E-state index in [4.69, 9.17) is 23.2 Å². The third-order valence-corrected chi connectivity index (χ3v) is 2.48. The minimum Gasteiger partial charge on any atom is -0.287 e. The first-order valence-corrected chi connectivity index (χ1v) is 5.11. The number of ketones is 1. The number of nitrogens with zero attached hydrogens (tertiary/aromatic N) is 1. The van der Waals surface area contributed by atoms with E-state index in [9.17, 15) is 4.79 Å². The number of rotatable bonds is 2. The SMILES string of the molecule is O=C1C(CCCl)=Nc2cc(Cl)ccc21. The van der Waals surface area contributed by atoms with Gasteiger partial charge < -0.3 is 0 Å². The highest BCUT2D eigenvalue weighted by Gasteiger charge is 2.23. The molecule has 4 heteroatoms. The van der Waals surface area contributed by atoms with Gasteiger partial charge in [0, 0.05) is 22.9 Å². The Hall–Kier alpha value is -0.860. The number of carbonyl (C=O) groups excluding carboxylic acids is 1. The first-order chi connectivity index (χ1) is 6.72. The number of Topliss-reactive ketones (excluding diaryl/α,β-unsaturated/α-hetero) is 1. The van der Waals surface area contributed by atoms with Crippen molar-refractivity contribution < 1.29 is 4.79 Å². The molecule has 1 aliphatic rings. The second kappa shape index (κ2) is 3.71. The third kappa shape index (κ3) is 1.56. The molecule has 14 heavy (non-hydrogen) atoms. The standard InChI is InChI=1S/C10H7Cl2NO/c11-4-3-8-10(14)7-2-1-6(12)5-9(7)13-8/h1-2,5H,3-4H2. The van der Waals surface area contributed by atoms with E-state index in [1.165, 1.54) is 0 Å². The fourth-order valence-corrected chi connectivity index (χ4v) is 1.75. The molecule has 1 heterocycles. The van der Waals surface area contributed by atoms with Crippen LogP contribution >= 0.6 is 23.2 Å². The predicted octanol–water partition coefficient (Wildman–Crippen LogP) is 3.24. The molecular weight excluding hydrogens is 221 g/mol. The van der Waals surface area contributed by atoms with Crippen LogP contribution in [0.4, 0.5) is 5.69 Å². The lowest BCUT2D eigenvalue weighted by molar-refractivity contribution is 0.106. The smallest absolute Gasteiger partial charge is 0.209 e. The van der Waals surface area contributed by atoms with Gasteiger partial charge in [-0.1, -0.05) is 11.6 Å². The fourth-order valence-electron chi connectivity index (χ4n) is 1.40. The van der Waals surface area contributed by atoms with Crippen molar-refractivity contribution in [1.29, 1.82) is 0 Å². The van der Waals surface area contributed by atoms with E-state index in [-0.39, 0.29) is 5.78 Å². The van der Waals surface area contributed by atoms with Crippen molar-refractivity contribution in [1.82, 2.24) is 0 Å². The molecule has 2 nitrogen and oxygen atoms in total. The van der Waals surface area contributed by atoms with Crippen molar-refractivity contribution in [2.75, 3.05) is 5.88 Å². The summed E-state index contributed by atoms with van der Waals surface area (Å²) in [5.74, 6) is 0.379. The zero-order chi connectivity index (χ0) is 10.1. The van der Waals surface area contributed by atoms with Crippen LogP contribution in [-0.4, -0.2) is 17.4 Å². The first-order valence-electron chi connectivity index (χ1n) is 4.20. The minimum absolute atomic E-state index is 0.0303. The normalized spacial score (nSPS) is 14.1. The van der Waals surface area contributed by atoms with Crippen LogP contribution in [-0.2, 0) is 0 Å². The van der Waals surface area contributed by atoms with E-state index < -0.39 is 0 Å². The molecule has 1 aromatic rings. The number of carbonyl (C=O) groups is 1. The summed E-state index contributed by atoms with van der Waals surface area (Å²) in [6, 6.07) is 5.08. The number of aliphatic imine (C=N–C) groups is 1. The lowest BCUT2D eigenvalue weighted by atomic mass is 10.1. The van der Waals surface area contributed by atoms with Gasteiger partial charge in [-0.05, 0) is 18.2 Å². The molecule has 0 radical (unpaired) electrons. The minimum atomic E-state index is -0.0303. The van der Waals surface area contributed by atoms with Gasteiger partial charge in [0.15, 0.2) is 0 Å². The van der Waals surface area contributed by atoms with Gasteiger partial charge in [0.2, 0.25) is 5.78 Å². The van der Waals surface area contributed by atoms with Crippen LogP contribution in [0.15, 0.2) is 23.2 Å². The van der Waals surface area contributed by atoms with Gasteiger partial charge in [0.05, 0.1) is 11.4 Å². The van der Waals surface area contributed by atoms with Gasteiger partial charge in [0.1, 0.15) is 0 Å². The zero-order valence-electron chi connectivity index (χ0n) is 7.26. The molecule has 1 aliphatic heterocycles. The second-order valence-corrected chi connectivity index (χ2v) is 3.80. The summed E-state index contributed by atoms with van der Waals surface area (Å²) in [5, 5.41) is 0.590. The van der Waals surface area contributed by atoms with Crippen LogP contribution < -0.4 is 0 Å². The van der Waals surface area contributed by atoms with E-state index in [0.717, 1.165) is 0 Å². The van der Waals surface area contributed by atoms with Crippen LogP contribution in [0.2, 0.25) is 5.02 Å². The van der Waals surface area contributed by atoms with Crippen LogP contribution in [0.3, 0.4) is 0 Å². The van der Waals surface area contributed by atoms with Gasteiger partial charge in [-0.25, -0.2) is 4.99 Å². The Balaban J connectivity index is 2.42. The number of alkyl halides is 1. The number of fused-ring (bicyclic) bond motifs is 1. The van der Waals surface area contributed by atoms with E-state index >= 15 is 0 Å². The zero-order valence-corrected chi connectivity index (χ0v) is 8.77. The molecule has 1 aromatic carbocycles. The first kappa shape index (κ1) is 9.69. The maximum atomic E-state index is 11.7. The summed E-state index contributed by atoms with van der Waals surface area (Å²) in [6.07, 6.45) is 0.507.